The van der Waals surface area contributed by atoms with E-state index in [1.54, 1.807) is 36.6 Å². The third-order valence-corrected chi connectivity index (χ3v) is 13.3. The monoisotopic (exact) mass is 903 g/mol. The number of nitrogens with one attached hydrogen (secondary N) is 2. The first-order valence-corrected chi connectivity index (χ1v) is 22.6. The van der Waals surface area contributed by atoms with E-state index in [4.69, 9.17) is 9.47 Å². The number of carbonyl (C=O) groups excluding carboxylic acids is 5. The lowest BCUT2D eigenvalue weighted by Crippen LogP contribution is -2.66. The molecule has 6 bridgehead atoms. The maximum absolute atomic E-state index is 15.5. The standard InChI is InChI=1S/C51H62FN7O7/c1-10-42(60)57-23-19-36(28-57)47(62)56(8)44(31(2)3)46(61)54-40-25-33-14-11-15-34(24-33)35-17-18-41-38(26-35)39(45(58(41)30-52)37-16-12-21-53-43(37)32(4)65-9)27-50(5,6)29-66-49(64)51(7)20-13-22-59(55-51)48(40)63/h10-12,14-18,21,24,26,32,36,40,44,55H,1-2,13,19-20,22-23,25,27-30H2,3-9H3,(H,54,61)/t32-,36?,40-,44-,51+/m0/s1. The van der Waals surface area contributed by atoms with Crippen LogP contribution in [0, 0.1) is 11.3 Å². The zero-order valence-corrected chi connectivity index (χ0v) is 39.1. The van der Waals surface area contributed by atoms with Crippen LogP contribution < -0.4 is 10.7 Å². The van der Waals surface area contributed by atoms with E-state index in [9.17, 15) is 24.0 Å². The van der Waals surface area contributed by atoms with Gasteiger partial charge in [-0.3, -0.25) is 29.2 Å². The molecule has 4 amide bonds. The number of halogens is 1. The molecule has 3 aliphatic rings. The van der Waals surface area contributed by atoms with Crippen LogP contribution in [0.5, 0.6) is 0 Å². The third kappa shape index (κ3) is 9.55. The van der Waals surface area contributed by atoms with Crippen molar-refractivity contribution in [3.8, 4) is 22.4 Å². The molecule has 350 valence electrons. The van der Waals surface area contributed by atoms with Gasteiger partial charge in [-0.25, -0.2) is 14.6 Å². The molecule has 66 heavy (non-hydrogen) atoms. The molecular weight excluding hydrogens is 842 g/mol. The molecule has 2 fully saturated rings. The first-order chi connectivity index (χ1) is 31.4. The Morgan fingerprint density at radius 2 is 1.86 bits per heavy atom. The number of esters is 1. The van der Waals surface area contributed by atoms with Crippen molar-refractivity contribution in [3.63, 3.8) is 0 Å². The molecule has 2 N–H and O–H groups in total. The Kier molecular flexibility index (Phi) is 14.0. The Balaban J connectivity index is 1.31. The molecule has 5 heterocycles. The number of methoxy groups -OCH3 is 1. The summed E-state index contributed by atoms with van der Waals surface area (Å²) in [4.78, 5) is 77.2. The lowest BCUT2D eigenvalue weighted by molar-refractivity contribution is -0.162. The van der Waals surface area contributed by atoms with Crippen molar-refractivity contribution in [2.24, 2.45) is 11.3 Å². The van der Waals surface area contributed by atoms with Gasteiger partial charge in [0.25, 0.3) is 5.91 Å². The fourth-order valence-corrected chi connectivity index (χ4v) is 9.72. The number of likely N-dealkylation sites (tertiary alicyclic amines) is 1. The van der Waals surface area contributed by atoms with Crippen LogP contribution in [0.25, 0.3) is 33.3 Å². The van der Waals surface area contributed by atoms with Crippen molar-refractivity contribution in [2.75, 3.05) is 40.4 Å². The average Bonchev–Trinajstić information content (AvgIpc) is 3.92. The Hall–Kier alpha value is -6.19. The van der Waals surface area contributed by atoms with Gasteiger partial charge in [-0.2, -0.15) is 0 Å². The maximum Gasteiger partial charge on any atom is 0.327 e. The molecular formula is C51H62FN7O7. The number of hydrazine groups is 1. The number of ether oxygens (including phenoxy) is 2. The van der Waals surface area contributed by atoms with Gasteiger partial charge >= 0.3 is 5.97 Å². The van der Waals surface area contributed by atoms with Gasteiger partial charge in [-0.05, 0) is 105 Å². The van der Waals surface area contributed by atoms with E-state index in [0.717, 1.165) is 33.2 Å². The molecule has 0 spiro atoms. The molecule has 7 rings (SSSR count). The molecule has 3 aliphatic heterocycles. The summed E-state index contributed by atoms with van der Waals surface area (Å²) in [5.74, 6) is -2.73. The number of carbonyl (C=O) groups is 5. The average molecular weight is 904 g/mol. The maximum atomic E-state index is 15.5. The van der Waals surface area contributed by atoms with E-state index in [0.29, 0.717) is 54.7 Å². The van der Waals surface area contributed by atoms with Crippen molar-refractivity contribution >= 4 is 40.5 Å². The summed E-state index contributed by atoms with van der Waals surface area (Å²) in [6, 6.07) is 15.1. The van der Waals surface area contributed by atoms with Crippen LogP contribution in [0.2, 0.25) is 0 Å². The third-order valence-electron chi connectivity index (χ3n) is 13.3. The second kappa shape index (κ2) is 19.3. The van der Waals surface area contributed by atoms with Crippen molar-refractivity contribution in [1.82, 2.24) is 35.1 Å². The fraction of sp³-hybridized carbons (Fsp3) is 0.451. The second-order valence-corrected chi connectivity index (χ2v) is 19.0. The van der Waals surface area contributed by atoms with Crippen molar-refractivity contribution < 1.29 is 37.8 Å². The van der Waals surface area contributed by atoms with Gasteiger partial charge in [0.05, 0.1) is 35.5 Å². The van der Waals surface area contributed by atoms with Crippen LogP contribution in [-0.4, -0.2) is 112 Å². The van der Waals surface area contributed by atoms with Crippen LogP contribution in [-0.2, 0) is 53.1 Å². The molecule has 2 aromatic heterocycles. The SMILES string of the molecule is C=CC(=O)N1CCC(C(=O)N(C)[C@@H](C(=C)C)C(=O)N[C@H]2Cc3cccc(c3)-c3ccc4c(c3)c(c(-c3cccnc3[C@H](C)OC)n4CF)CC(C)(C)COC(=O)[C@@]3(C)CCCN(N3)C2=O)C1. The topological polar surface area (TPSA) is 155 Å². The Bertz CT molecular complexity index is 2570. The van der Waals surface area contributed by atoms with E-state index in [1.165, 1.54) is 23.0 Å². The number of alkyl halides is 1. The summed E-state index contributed by atoms with van der Waals surface area (Å²) in [6.07, 6.45) is 4.29. The highest BCUT2D eigenvalue weighted by atomic mass is 19.1. The van der Waals surface area contributed by atoms with E-state index in [-0.39, 0.29) is 44.0 Å². The van der Waals surface area contributed by atoms with E-state index in [2.05, 4.69) is 28.9 Å². The zero-order chi connectivity index (χ0) is 47.7. The molecule has 0 saturated carbocycles. The van der Waals surface area contributed by atoms with Gasteiger partial charge in [0, 0.05) is 62.8 Å². The number of benzene rings is 2. The summed E-state index contributed by atoms with van der Waals surface area (Å²) >= 11 is 0. The number of hydrogen-bond acceptors (Lipinski definition) is 9. The molecule has 5 atom stereocenters. The largest absolute Gasteiger partial charge is 0.464 e. The highest BCUT2D eigenvalue weighted by molar-refractivity contribution is 5.97. The van der Waals surface area contributed by atoms with Gasteiger partial charge in [-0.15, -0.1) is 0 Å². The molecule has 2 saturated heterocycles. The number of cyclic esters (lactones) is 1. The molecule has 15 heteroatoms. The number of fused-ring (bicyclic) bond motifs is 6. The lowest BCUT2D eigenvalue weighted by atomic mass is 9.84. The molecule has 2 aromatic carbocycles. The minimum atomic E-state index is -1.29. The summed E-state index contributed by atoms with van der Waals surface area (Å²) < 4.78 is 29.1. The van der Waals surface area contributed by atoms with E-state index in [1.807, 2.05) is 75.4 Å². The van der Waals surface area contributed by atoms with Crippen LogP contribution in [0.1, 0.15) is 76.8 Å². The predicted molar refractivity (Wildman–Crippen MR) is 250 cm³/mol. The van der Waals surface area contributed by atoms with Gasteiger partial charge < -0.3 is 29.2 Å². The molecule has 0 radical (unpaired) electrons. The quantitative estimate of drug-likeness (QED) is 0.103. The van der Waals surface area contributed by atoms with Gasteiger partial charge in [0.15, 0.2) is 6.80 Å². The number of aromatic nitrogens is 2. The number of pyridine rings is 1. The highest BCUT2D eigenvalue weighted by Crippen LogP contribution is 2.42. The first-order valence-electron chi connectivity index (χ1n) is 22.6. The van der Waals surface area contributed by atoms with Crippen molar-refractivity contribution in [2.45, 2.75) is 97.2 Å². The van der Waals surface area contributed by atoms with Crippen LogP contribution in [0.15, 0.2) is 85.6 Å². The number of nitrogens with zero attached hydrogens (tertiary/aromatic N) is 5. The molecule has 1 unspecified atom stereocenters. The number of likely N-dealkylation sites (N-methyl/N-ethyl adjacent to an activating group) is 1. The van der Waals surface area contributed by atoms with Crippen LogP contribution in [0.3, 0.4) is 0 Å². The summed E-state index contributed by atoms with van der Waals surface area (Å²) in [7, 11) is 3.14. The van der Waals surface area contributed by atoms with Gasteiger partial charge in [0.2, 0.25) is 17.7 Å². The molecule has 0 aliphatic carbocycles. The number of amides is 4. The van der Waals surface area contributed by atoms with Gasteiger partial charge in [-0.1, -0.05) is 57.3 Å². The molecule has 14 nitrogen and oxygen atoms in total. The van der Waals surface area contributed by atoms with Crippen LogP contribution in [0.4, 0.5) is 4.39 Å². The smallest absolute Gasteiger partial charge is 0.327 e. The summed E-state index contributed by atoms with van der Waals surface area (Å²) in [5, 5.41) is 5.19. The Morgan fingerprint density at radius 3 is 2.58 bits per heavy atom. The number of rotatable bonds is 10. The zero-order valence-electron chi connectivity index (χ0n) is 39.1. The summed E-state index contributed by atoms with van der Waals surface area (Å²) in [6.45, 7) is 16.9. The Labute approximate surface area is 386 Å². The minimum Gasteiger partial charge on any atom is -0.464 e. The normalized spacial score (nSPS) is 21.9. The van der Waals surface area contributed by atoms with E-state index < -0.39 is 53.5 Å². The second-order valence-electron chi connectivity index (χ2n) is 19.0. The minimum absolute atomic E-state index is 0.0194. The van der Waals surface area contributed by atoms with Crippen molar-refractivity contribution in [3.05, 3.63) is 102 Å². The highest BCUT2D eigenvalue weighted by Gasteiger charge is 2.44. The molecule has 4 aromatic rings. The summed E-state index contributed by atoms with van der Waals surface area (Å²) in [5.41, 5.74) is 7.66. The van der Waals surface area contributed by atoms with Crippen LogP contribution >= 0.6 is 0 Å². The van der Waals surface area contributed by atoms with Crippen molar-refractivity contribution in [1.29, 1.82) is 0 Å². The van der Waals surface area contributed by atoms with E-state index >= 15 is 4.39 Å². The first kappa shape index (κ1) is 47.8. The predicted octanol–water partition coefficient (Wildman–Crippen LogP) is 6.48. The number of hydrogen-bond donors (Lipinski definition) is 2. The lowest BCUT2D eigenvalue weighted by Gasteiger charge is -2.41. The van der Waals surface area contributed by atoms with Gasteiger partial charge in [0.1, 0.15) is 17.6 Å². The fourth-order valence-electron chi connectivity index (χ4n) is 9.72. The Morgan fingerprint density at radius 1 is 1.11 bits per heavy atom.